The molecule has 246 valence electrons. The van der Waals surface area contributed by atoms with Crippen molar-refractivity contribution in [3.8, 4) is 0 Å². The lowest BCUT2D eigenvalue weighted by Gasteiger charge is -2.31. The minimum Gasteiger partial charge on any atom is -0.464 e. The molecule has 15 nitrogen and oxygen atoms in total. The third-order valence-electron chi connectivity index (χ3n) is 8.40. The van der Waals surface area contributed by atoms with Crippen molar-refractivity contribution in [2.45, 2.75) is 44.4 Å². The molecule has 2 aromatic carbocycles. The molecule has 0 saturated carbocycles. The van der Waals surface area contributed by atoms with Gasteiger partial charge in [-0.15, -0.1) is 0 Å². The molecule has 2 saturated heterocycles. The third-order valence-corrected chi connectivity index (χ3v) is 10.4. The molecular weight excluding hydrogens is 627 g/mol. The average molecular weight is 661 g/mol. The fourth-order valence-electron chi connectivity index (χ4n) is 6.07. The van der Waals surface area contributed by atoms with Crippen LogP contribution in [0.15, 0.2) is 42.5 Å². The summed E-state index contributed by atoms with van der Waals surface area (Å²) in [7, 11) is -2.93. The number of urea groups is 1. The van der Waals surface area contributed by atoms with Crippen LogP contribution in [-0.4, -0.2) is 101 Å². The Hall–Kier alpha value is -4.77. The zero-order valence-electron chi connectivity index (χ0n) is 25.1. The molecule has 2 aliphatic heterocycles. The first kappa shape index (κ1) is 32.6. The summed E-state index contributed by atoms with van der Waals surface area (Å²) >= 11 is 0. The normalized spacial score (nSPS) is 20.8. The van der Waals surface area contributed by atoms with E-state index < -0.39 is 64.2 Å². The Morgan fingerprint density at radius 1 is 1.15 bits per heavy atom. The number of amides is 6. The van der Waals surface area contributed by atoms with Crippen LogP contribution < -0.4 is 10.6 Å². The second-order valence-corrected chi connectivity index (χ2v) is 12.9. The number of hydrogen-bond donors (Lipinski definition) is 3. The lowest BCUT2D eigenvalue weighted by Crippen LogP contribution is -2.50. The number of rotatable bonds is 9. The van der Waals surface area contributed by atoms with E-state index in [-0.39, 0.29) is 39.0 Å². The Morgan fingerprint density at radius 3 is 2.52 bits per heavy atom. The summed E-state index contributed by atoms with van der Waals surface area (Å²) < 4.78 is 46.6. The van der Waals surface area contributed by atoms with Crippen molar-refractivity contribution in [3.63, 3.8) is 0 Å². The molecule has 6 amide bonds. The van der Waals surface area contributed by atoms with E-state index in [4.69, 9.17) is 4.74 Å². The van der Waals surface area contributed by atoms with Crippen LogP contribution in [0.2, 0.25) is 0 Å². The number of carbonyl (C=O) groups is 5. The molecule has 0 radical (unpaired) electrons. The summed E-state index contributed by atoms with van der Waals surface area (Å²) in [6.45, 7) is -0.0442. The first-order chi connectivity index (χ1) is 21.8. The molecule has 0 aromatic heterocycles. The zero-order valence-corrected chi connectivity index (χ0v) is 25.9. The number of fused-ring (bicyclic) bond motifs is 2. The van der Waals surface area contributed by atoms with Crippen molar-refractivity contribution in [2.75, 3.05) is 38.5 Å². The summed E-state index contributed by atoms with van der Waals surface area (Å²) in [5.74, 6) is -1.92. The summed E-state index contributed by atoms with van der Waals surface area (Å²) in [4.78, 5) is 66.1. The summed E-state index contributed by atoms with van der Waals surface area (Å²) in [6, 6.07) is 8.98. The average Bonchev–Trinajstić information content (AvgIpc) is 3.71. The van der Waals surface area contributed by atoms with Crippen molar-refractivity contribution in [1.29, 1.82) is 0 Å². The maximum atomic E-state index is 13.9. The van der Waals surface area contributed by atoms with Gasteiger partial charge in [0.05, 0.1) is 0 Å². The molecule has 2 heterocycles. The second kappa shape index (κ2) is 12.6. The highest BCUT2D eigenvalue weighted by Crippen LogP contribution is 2.46. The molecule has 46 heavy (non-hydrogen) atoms. The maximum absolute atomic E-state index is 13.9. The predicted octanol–water partition coefficient (Wildman–Crippen LogP) is 2.05. The molecular formula is C29H33FN6O9S. The molecule has 1 spiro atoms. The topological polar surface area (TPSA) is 186 Å². The van der Waals surface area contributed by atoms with Crippen LogP contribution in [0.1, 0.15) is 36.5 Å². The standard InChI is InChI=1S/C29H33FN6O9S/c1-3-36(27(40)41)46(43,44)33-13-11-22(16-33)34(15-18-4-6-20(30)7-5-18)24(37)17-35-25(38)29(45-28(35)42)12-10-19-14-21(8-9-23(19)29)32-26(39)31-2/h4-9,14,22H,3,10-13,15-17H2,1-2H3,(H,40,41)(H2,31,32,39)/t22-,29-/m1/s1. The van der Waals surface area contributed by atoms with E-state index in [0.717, 1.165) is 9.21 Å². The van der Waals surface area contributed by atoms with Crippen LogP contribution >= 0.6 is 0 Å². The van der Waals surface area contributed by atoms with Gasteiger partial charge >= 0.3 is 28.4 Å². The van der Waals surface area contributed by atoms with Crippen molar-refractivity contribution in [3.05, 3.63) is 65.0 Å². The van der Waals surface area contributed by atoms with Crippen LogP contribution in [0.25, 0.3) is 0 Å². The Balaban J connectivity index is 1.37. The van der Waals surface area contributed by atoms with Gasteiger partial charge in [0, 0.05) is 56.9 Å². The number of ether oxygens (including phenoxy) is 1. The number of carbonyl (C=O) groups excluding carboxylic acids is 4. The third kappa shape index (κ3) is 5.94. The van der Waals surface area contributed by atoms with Gasteiger partial charge in [-0.1, -0.05) is 18.2 Å². The largest absolute Gasteiger partial charge is 0.464 e. The summed E-state index contributed by atoms with van der Waals surface area (Å²) in [5, 5.41) is 14.5. The van der Waals surface area contributed by atoms with Gasteiger partial charge in [-0.2, -0.15) is 17.0 Å². The molecule has 0 bridgehead atoms. The van der Waals surface area contributed by atoms with Gasteiger partial charge < -0.3 is 25.4 Å². The Kier molecular flexibility index (Phi) is 8.90. The molecule has 3 N–H and O–H groups in total. The fraction of sp³-hybridized carbons (Fsp3) is 0.414. The Labute approximate surface area is 264 Å². The van der Waals surface area contributed by atoms with Gasteiger partial charge in [0.25, 0.3) is 5.91 Å². The molecule has 1 aliphatic carbocycles. The molecule has 3 aliphatic rings. The van der Waals surface area contributed by atoms with Crippen LogP contribution in [0.5, 0.6) is 0 Å². The first-order valence-corrected chi connectivity index (χ1v) is 15.9. The molecule has 5 rings (SSSR count). The van der Waals surface area contributed by atoms with Crippen molar-refractivity contribution in [2.24, 2.45) is 0 Å². The van der Waals surface area contributed by atoms with E-state index in [1.807, 2.05) is 0 Å². The van der Waals surface area contributed by atoms with Crippen LogP contribution in [0.3, 0.4) is 0 Å². The van der Waals surface area contributed by atoms with E-state index in [9.17, 15) is 41.9 Å². The van der Waals surface area contributed by atoms with Gasteiger partial charge in [-0.3, -0.25) is 9.59 Å². The molecule has 0 unspecified atom stereocenters. The number of hydrogen-bond acceptors (Lipinski definition) is 8. The van der Waals surface area contributed by atoms with Gasteiger partial charge in [0.2, 0.25) is 11.5 Å². The molecule has 2 aromatic rings. The number of nitrogens with one attached hydrogen (secondary N) is 2. The number of halogens is 1. The van der Waals surface area contributed by atoms with Gasteiger partial charge in [0.15, 0.2) is 0 Å². The highest BCUT2D eigenvalue weighted by Gasteiger charge is 2.58. The van der Waals surface area contributed by atoms with Crippen molar-refractivity contribution in [1.82, 2.24) is 23.7 Å². The Morgan fingerprint density at radius 2 is 1.87 bits per heavy atom. The van der Waals surface area contributed by atoms with Gasteiger partial charge in [0.1, 0.15) is 12.4 Å². The number of benzene rings is 2. The molecule has 2 atom stereocenters. The zero-order chi connectivity index (χ0) is 33.4. The minimum absolute atomic E-state index is 0.0781. The fourth-order valence-corrected chi connectivity index (χ4v) is 7.57. The summed E-state index contributed by atoms with van der Waals surface area (Å²) in [6.07, 6.45) is -2.01. The minimum atomic E-state index is -4.40. The molecule has 17 heteroatoms. The van der Waals surface area contributed by atoms with Gasteiger partial charge in [-0.05, 0) is 55.2 Å². The van der Waals surface area contributed by atoms with E-state index in [0.29, 0.717) is 33.1 Å². The number of anilines is 1. The van der Waals surface area contributed by atoms with E-state index in [2.05, 4.69) is 10.6 Å². The van der Waals surface area contributed by atoms with Crippen LogP contribution in [0, 0.1) is 5.82 Å². The number of aryl methyl sites for hydroxylation is 1. The maximum Gasteiger partial charge on any atom is 0.422 e. The SMILES string of the molecule is CCN(C(=O)O)S(=O)(=O)N1CC[C@@H](N(Cc2ccc(F)cc2)C(=O)CN2C(=O)O[C@@]3(CCc4cc(NC(=O)NC)ccc43)C2=O)C1. The monoisotopic (exact) mass is 660 g/mol. The summed E-state index contributed by atoms with van der Waals surface area (Å²) in [5.41, 5.74) is 0.486. The quantitative estimate of drug-likeness (QED) is 0.362. The van der Waals surface area contributed by atoms with Crippen LogP contribution in [0.4, 0.5) is 24.5 Å². The first-order valence-electron chi connectivity index (χ1n) is 14.5. The van der Waals surface area contributed by atoms with E-state index in [1.54, 1.807) is 18.2 Å². The predicted molar refractivity (Wildman–Crippen MR) is 159 cm³/mol. The van der Waals surface area contributed by atoms with Gasteiger partial charge in [-0.25, -0.2) is 23.7 Å². The van der Waals surface area contributed by atoms with E-state index >= 15 is 0 Å². The number of carboxylic acid groups (broad SMARTS) is 1. The highest BCUT2D eigenvalue weighted by atomic mass is 32.2. The highest BCUT2D eigenvalue weighted by molar-refractivity contribution is 7.87. The second-order valence-electron chi connectivity index (χ2n) is 11.1. The number of nitrogens with zero attached hydrogens (tertiary/aromatic N) is 4. The van der Waals surface area contributed by atoms with E-state index in [1.165, 1.54) is 43.1 Å². The number of imide groups is 1. The molecule has 2 fully saturated rings. The van der Waals surface area contributed by atoms with Crippen LogP contribution in [-0.2, 0) is 43.1 Å². The smallest absolute Gasteiger partial charge is 0.422 e. The van der Waals surface area contributed by atoms with Crippen molar-refractivity contribution < 1.29 is 46.6 Å². The lowest BCUT2D eigenvalue weighted by atomic mass is 9.94. The Bertz CT molecular complexity index is 1690. The lowest BCUT2D eigenvalue weighted by molar-refractivity contribution is -0.143. The van der Waals surface area contributed by atoms with Crippen molar-refractivity contribution >= 4 is 45.9 Å².